The van der Waals surface area contributed by atoms with E-state index in [0.717, 1.165) is 34.5 Å². The SMILES string of the molecule is O=S(=O)(c1ccc(N=Cc2ccc(OCc3ccccc3)cc2)cc1)N1CCc2ccccc21. The number of sulfonamides is 1. The van der Waals surface area contributed by atoms with Gasteiger partial charge in [0.2, 0.25) is 0 Å². The molecule has 34 heavy (non-hydrogen) atoms. The molecule has 0 unspecified atom stereocenters. The number of hydrogen-bond acceptors (Lipinski definition) is 4. The van der Waals surface area contributed by atoms with Gasteiger partial charge in [-0.15, -0.1) is 0 Å². The maximum Gasteiger partial charge on any atom is 0.264 e. The smallest absolute Gasteiger partial charge is 0.264 e. The maximum absolute atomic E-state index is 13.1. The van der Waals surface area contributed by atoms with E-state index in [9.17, 15) is 8.42 Å². The molecule has 0 fully saturated rings. The Kier molecular flexibility index (Phi) is 6.14. The highest BCUT2D eigenvalue weighted by atomic mass is 32.2. The standard InChI is InChI=1S/C28H24N2O3S/c31-34(32,30-19-18-24-8-4-5-9-28(24)30)27-16-12-25(13-17-27)29-20-22-10-14-26(15-11-22)33-21-23-6-2-1-3-7-23/h1-17,20H,18-19,21H2. The van der Waals surface area contributed by atoms with Crippen LogP contribution in [0.15, 0.2) is 113 Å². The molecule has 0 saturated heterocycles. The molecule has 1 aliphatic rings. The Bertz CT molecular complexity index is 1400. The molecule has 1 heterocycles. The van der Waals surface area contributed by atoms with Crippen molar-refractivity contribution >= 4 is 27.6 Å². The Morgan fingerprint density at radius 1 is 0.824 bits per heavy atom. The second-order valence-electron chi connectivity index (χ2n) is 8.05. The molecule has 4 aromatic rings. The van der Waals surface area contributed by atoms with Crippen molar-refractivity contribution in [1.29, 1.82) is 0 Å². The molecule has 0 spiro atoms. The van der Waals surface area contributed by atoms with Crippen molar-refractivity contribution in [2.75, 3.05) is 10.8 Å². The molecule has 0 amide bonds. The number of nitrogens with zero attached hydrogens (tertiary/aromatic N) is 2. The van der Waals surface area contributed by atoms with Gasteiger partial charge in [-0.25, -0.2) is 8.42 Å². The van der Waals surface area contributed by atoms with Gasteiger partial charge in [-0.2, -0.15) is 0 Å². The van der Waals surface area contributed by atoms with Crippen LogP contribution in [0, 0.1) is 0 Å². The van der Waals surface area contributed by atoms with Gasteiger partial charge in [0.05, 0.1) is 16.3 Å². The van der Waals surface area contributed by atoms with Crippen LogP contribution in [0.4, 0.5) is 11.4 Å². The van der Waals surface area contributed by atoms with Crippen LogP contribution < -0.4 is 9.04 Å². The van der Waals surface area contributed by atoms with Gasteiger partial charge in [0.25, 0.3) is 10.0 Å². The van der Waals surface area contributed by atoms with Crippen LogP contribution in [0.5, 0.6) is 5.75 Å². The molecule has 4 aromatic carbocycles. The summed E-state index contributed by atoms with van der Waals surface area (Å²) in [7, 11) is -3.60. The van der Waals surface area contributed by atoms with Gasteiger partial charge >= 0.3 is 0 Å². The summed E-state index contributed by atoms with van der Waals surface area (Å²) in [5.41, 5.74) is 4.56. The normalized spacial score (nSPS) is 13.2. The summed E-state index contributed by atoms with van der Waals surface area (Å²) in [5, 5.41) is 0. The molecule has 0 aliphatic carbocycles. The highest BCUT2D eigenvalue weighted by Gasteiger charge is 2.30. The highest BCUT2D eigenvalue weighted by Crippen LogP contribution is 2.33. The van der Waals surface area contributed by atoms with E-state index in [1.807, 2.05) is 78.9 Å². The summed E-state index contributed by atoms with van der Waals surface area (Å²) in [4.78, 5) is 4.75. The summed E-state index contributed by atoms with van der Waals surface area (Å²) in [6.07, 6.45) is 2.48. The fourth-order valence-electron chi connectivity index (χ4n) is 3.93. The van der Waals surface area contributed by atoms with Crippen LogP contribution in [0.2, 0.25) is 0 Å². The molecule has 0 aromatic heterocycles. The molecule has 170 valence electrons. The Labute approximate surface area is 200 Å². The van der Waals surface area contributed by atoms with Crippen molar-refractivity contribution < 1.29 is 13.2 Å². The summed E-state index contributed by atoms with van der Waals surface area (Å²) in [6, 6.07) is 32.0. The Morgan fingerprint density at radius 3 is 2.29 bits per heavy atom. The first-order valence-electron chi connectivity index (χ1n) is 11.1. The van der Waals surface area contributed by atoms with Crippen molar-refractivity contribution in [1.82, 2.24) is 0 Å². The average molecular weight is 469 g/mol. The maximum atomic E-state index is 13.1. The number of anilines is 1. The highest BCUT2D eigenvalue weighted by molar-refractivity contribution is 7.92. The third-order valence-electron chi connectivity index (χ3n) is 5.76. The lowest BCUT2D eigenvalue weighted by molar-refractivity contribution is 0.306. The fraction of sp³-hybridized carbons (Fsp3) is 0.107. The minimum atomic E-state index is -3.60. The molecule has 0 bridgehead atoms. The molecule has 5 rings (SSSR count). The first kappa shape index (κ1) is 21.9. The third-order valence-corrected chi connectivity index (χ3v) is 7.59. The van der Waals surface area contributed by atoms with Crippen LogP contribution in [-0.2, 0) is 23.1 Å². The number of aliphatic imine (C=N–C) groups is 1. The van der Waals surface area contributed by atoms with Crippen molar-refractivity contribution in [3.63, 3.8) is 0 Å². The summed E-state index contributed by atoms with van der Waals surface area (Å²) >= 11 is 0. The van der Waals surface area contributed by atoms with Gasteiger partial charge < -0.3 is 4.74 Å². The zero-order valence-corrected chi connectivity index (χ0v) is 19.4. The predicted molar refractivity (Wildman–Crippen MR) is 136 cm³/mol. The molecule has 0 N–H and O–H groups in total. The molecule has 0 atom stereocenters. The number of fused-ring (bicyclic) bond motifs is 1. The zero-order chi connectivity index (χ0) is 23.4. The lowest BCUT2D eigenvalue weighted by atomic mass is 10.2. The van der Waals surface area contributed by atoms with E-state index in [1.54, 1.807) is 30.5 Å². The van der Waals surface area contributed by atoms with Crippen LogP contribution in [-0.4, -0.2) is 21.2 Å². The topological polar surface area (TPSA) is 59.0 Å². The largest absolute Gasteiger partial charge is 0.489 e. The zero-order valence-electron chi connectivity index (χ0n) is 18.5. The molecular weight excluding hydrogens is 444 g/mol. The van der Waals surface area contributed by atoms with E-state index in [2.05, 4.69) is 4.99 Å². The summed E-state index contributed by atoms with van der Waals surface area (Å²) in [5.74, 6) is 0.791. The number of rotatable bonds is 7. The number of benzene rings is 4. The van der Waals surface area contributed by atoms with Crippen molar-refractivity contribution in [2.45, 2.75) is 17.9 Å². The average Bonchev–Trinajstić information content (AvgIpc) is 3.33. The van der Waals surface area contributed by atoms with Gasteiger partial charge in [0, 0.05) is 12.8 Å². The van der Waals surface area contributed by atoms with Gasteiger partial charge in [-0.05, 0) is 77.7 Å². The van der Waals surface area contributed by atoms with Crippen molar-refractivity contribution in [3.8, 4) is 5.75 Å². The van der Waals surface area contributed by atoms with E-state index in [4.69, 9.17) is 4.74 Å². The fourth-order valence-corrected chi connectivity index (χ4v) is 5.43. The van der Waals surface area contributed by atoms with E-state index in [1.165, 1.54) is 4.31 Å². The molecule has 5 nitrogen and oxygen atoms in total. The minimum absolute atomic E-state index is 0.267. The van der Waals surface area contributed by atoms with Crippen LogP contribution in [0.3, 0.4) is 0 Å². The number of hydrogen-bond donors (Lipinski definition) is 0. The monoisotopic (exact) mass is 468 g/mol. The lowest BCUT2D eigenvalue weighted by Gasteiger charge is -2.19. The van der Waals surface area contributed by atoms with E-state index >= 15 is 0 Å². The van der Waals surface area contributed by atoms with Crippen LogP contribution >= 0.6 is 0 Å². The van der Waals surface area contributed by atoms with Gasteiger partial charge in [0.1, 0.15) is 12.4 Å². The minimum Gasteiger partial charge on any atom is -0.489 e. The third kappa shape index (κ3) is 4.72. The van der Waals surface area contributed by atoms with Gasteiger partial charge in [-0.1, -0.05) is 48.5 Å². The van der Waals surface area contributed by atoms with E-state index in [0.29, 0.717) is 18.8 Å². The summed E-state index contributed by atoms with van der Waals surface area (Å²) in [6.45, 7) is 0.985. The molecule has 0 saturated carbocycles. The number of ether oxygens (including phenoxy) is 1. The Morgan fingerprint density at radius 2 is 1.53 bits per heavy atom. The Balaban J connectivity index is 1.23. The lowest BCUT2D eigenvalue weighted by Crippen LogP contribution is -2.29. The molecular formula is C28H24N2O3S. The van der Waals surface area contributed by atoms with Gasteiger partial charge in [0.15, 0.2) is 0 Å². The predicted octanol–water partition coefficient (Wildman–Crippen LogP) is 5.77. The first-order chi connectivity index (χ1) is 16.6. The molecule has 6 heteroatoms. The van der Waals surface area contributed by atoms with Crippen molar-refractivity contribution in [3.05, 3.63) is 120 Å². The van der Waals surface area contributed by atoms with Gasteiger partial charge in [-0.3, -0.25) is 9.30 Å². The summed E-state index contributed by atoms with van der Waals surface area (Å²) < 4.78 is 33.6. The van der Waals surface area contributed by atoms with Crippen molar-refractivity contribution in [2.24, 2.45) is 4.99 Å². The van der Waals surface area contributed by atoms with Crippen LogP contribution in [0.25, 0.3) is 0 Å². The second-order valence-corrected chi connectivity index (χ2v) is 9.91. The molecule has 1 aliphatic heterocycles. The quantitative estimate of drug-likeness (QED) is 0.324. The second kappa shape index (κ2) is 9.53. The number of para-hydroxylation sites is 1. The Hall–Kier alpha value is -3.90. The van der Waals surface area contributed by atoms with E-state index in [-0.39, 0.29) is 4.90 Å². The first-order valence-corrected chi connectivity index (χ1v) is 12.6. The van der Waals surface area contributed by atoms with Crippen LogP contribution in [0.1, 0.15) is 16.7 Å². The van der Waals surface area contributed by atoms with E-state index < -0.39 is 10.0 Å². The molecule has 0 radical (unpaired) electrons.